The third-order valence-corrected chi connectivity index (χ3v) is 3.72. The minimum Gasteiger partial charge on any atom is -0.455 e. The van der Waals surface area contributed by atoms with E-state index in [0.717, 1.165) is 24.8 Å². The van der Waals surface area contributed by atoms with Crippen LogP contribution >= 0.6 is 0 Å². The van der Waals surface area contributed by atoms with Gasteiger partial charge in [-0.1, -0.05) is 47.1 Å². The molecule has 3 rings (SSSR count). The predicted molar refractivity (Wildman–Crippen MR) is 80.7 cm³/mol. The largest absolute Gasteiger partial charge is 0.455 e. The van der Waals surface area contributed by atoms with E-state index >= 15 is 0 Å². The Labute approximate surface area is 129 Å². The summed E-state index contributed by atoms with van der Waals surface area (Å²) in [5.74, 6) is 0.575. The average molecular weight is 298 g/mol. The average Bonchev–Trinajstić information content (AvgIpc) is 3.03. The zero-order valence-electron chi connectivity index (χ0n) is 12.5. The summed E-state index contributed by atoms with van der Waals surface area (Å²) in [6.45, 7) is 2.04. The Hall–Kier alpha value is -2.43. The molecule has 0 bridgehead atoms. The third kappa shape index (κ3) is 3.42. The lowest BCUT2D eigenvalue weighted by Gasteiger charge is -2.15. The summed E-state index contributed by atoms with van der Waals surface area (Å²) < 4.78 is 10.4. The molecular weight excluding hydrogens is 280 g/mol. The van der Waals surface area contributed by atoms with Crippen LogP contribution in [-0.4, -0.2) is 16.1 Å². The molecule has 1 aromatic carbocycles. The van der Waals surface area contributed by atoms with Crippen LogP contribution in [0.2, 0.25) is 0 Å². The van der Waals surface area contributed by atoms with Gasteiger partial charge in [0.05, 0.1) is 5.92 Å². The quantitative estimate of drug-likeness (QED) is 0.639. The van der Waals surface area contributed by atoms with Crippen LogP contribution in [0.15, 0.2) is 40.9 Å². The van der Waals surface area contributed by atoms with Crippen molar-refractivity contribution in [2.24, 2.45) is 5.92 Å². The van der Waals surface area contributed by atoms with Crippen molar-refractivity contribution < 1.29 is 14.1 Å². The minimum atomic E-state index is -0.195. The summed E-state index contributed by atoms with van der Waals surface area (Å²) in [6, 6.07) is 7.85. The van der Waals surface area contributed by atoms with Crippen molar-refractivity contribution in [1.29, 1.82) is 0 Å². The van der Waals surface area contributed by atoms with Gasteiger partial charge < -0.3 is 9.26 Å². The lowest BCUT2D eigenvalue weighted by atomic mass is 9.95. The lowest BCUT2D eigenvalue weighted by Crippen LogP contribution is -2.18. The third-order valence-electron chi connectivity index (χ3n) is 3.72. The number of ether oxygens (including phenoxy) is 1. The molecule has 2 aromatic rings. The van der Waals surface area contributed by atoms with Gasteiger partial charge in [-0.15, -0.1) is 0 Å². The van der Waals surface area contributed by atoms with E-state index in [1.807, 2.05) is 37.3 Å². The van der Waals surface area contributed by atoms with Crippen LogP contribution in [-0.2, 0) is 16.1 Å². The van der Waals surface area contributed by atoms with E-state index in [1.54, 1.807) is 0 Å². The fourth-order valence-corrected chi connectivity index (χ4v) is 2.39. The molecule has 1 atom stereocenters. The summed E-state index contributed by atoms with van der Waals surface area (Å²) in [6.07, 6.45) is 6.64. The van der Waals surface area contributed by atoms with Gasteiger partial charge in [0, 0.05) is 5.56 Å². The zero-order chi connectivity index (χ0) is 15.4. The predicted octanol–water partition coefficient (Wildman–Crippen LogP) is 3.44. The minimum absolute atomic E-state index is 0.0257. The number of rotatable bonds is 4. The van der Waals surface area contributed by atoms with E-state index in [9.17, 15) is 4.79 Å². The maximum atomic E-state index is 11.9. The molecule has 1 aliphatic rings. The van der Waals surface area contributed by atoms with Crippen molar-refractivity contribution >= 4 is 5.97 Å². The molecule has 22 heavy (non-hydrogen) atoms. The first-order valence-electron chi connectivity index (χ1n) is 7.43. The highest BCUT2D eigenvalue weighted by atomic mass is 16.6. The van der Waals surface area contributed by atoms with E-state index in [-0.39, 0.29) is 18.5 Å². The molecule has 0 unspecified atom stereocenters. The van der Waals surface area contributed by atoms with Crippen LogP contribution in [0.3, 0.4) is 0 Å². The van der Waals surface area contributed by atoms with Gasteiger partial charge in [-0.25, -0.2) is 0 Å². The summed E-state index contributed by atoms with van der Waals surface area (Å²) in [5.41, 5.74) is 2.05. The maximum absolute atomic E-state index is 11.9. The summed E-state index contributed by atoms with van der Waals surface area (Å²) in [5, 5.41) is 3.92. The second kappa shape index (κ2) is 6.56. The first kappa shape index (κ1) is 14.5. The van der Waals surface area contributed by atoms with E-state index in [0.29, 0.717) is 11.7 Å². The Morgan fingerprint density at radius 3 is 2.86 bits per heavy atom. The highest BCUT2D eigenvalue weighted by molar-refractivity contribution is 5.72. The maximum Gasteiger partial charge on any atom is 0.309 e. The molecule has 0 saturated carbocycles. The molecule has 0 radical (unpaired) electrons. The fourth-order valence-electron chi connectivity index (χ4n) is 2.39. The van der Waals surface area contributed by atoms with Crippen LogP contribution in [0.4, 0.5) is 0 Å². The number of nitrogens with zero attached hydrogens (tertiary/aromatic N) is 2. The summed E-state index contributed by atoms with van der Waals surface area (Å²) in [4.78, 5) is 16.2. The van der Waals surface area contributed by atoms with Crippen molar-refractivity contribution in [2.75, 3.05) is 0 Å². The molecule has 0 saturated heterocycles. The van der Waals surface area contributed by atoms with Crippen LogP contribution in [0.25, 0.3) is 11.4 Å². The van der Waals surface area contributed by atoms with Crippen LogP contribution in [0.5, 0.6) is 0 Å². The number of hydrogen-bond donors (Lipinski definition) is 0. The van der Waals surface area contributed by atoms with Crippen molar-refractivity contribution in [3.63, 3.8) is 0 Å². The number of carbonyl (C=O) groups is 1. The van der Waals surface area contributed by atoms with Crippen LogP contribution < -0.4 is 0 Å². The molecule has 0 N–H and O–H groups in total. The van der Waals surface area contributed by atoms with E-state index < -0.39 is 0 Å². The highest BCUT2D eigenvalue weighted by Crippen LogP contribution is 2.20. The standard InChI is InChI=1S/C17H18N2O3/c1-12-7-9-13(10-8-12)16-18-15(22-19-16)11-21-17(20)14-5-3-2-4-6-14/h2-3,7-10,14H,4-6,11H2,1H3/t14-/m1/s1. The monoisotopic (exact) mass is 298 g/mol. The van der Waals surface area contributed by atoms with Crippen molar-refractivity contribution in [3.05, 3.63) is 47.9 Å². The molecular formula is C17H18N2O3. The zero-order valence-corrected chi connectivity index (χ0v) is 12.5. The lowest BCUT2D eigenvalue weighted by molar-refractivity contribution is -0.150. The van der Waals surface area contributed by atoms with Gasteiger partial charge >= 0.3 is 5.97 Å². The molecule has 114 valence electrons. The van der Waals surface area contributed by atoms with Crippen molar-refractivity contribution in [1.82, 2.24) is 10.1 Å². The topological polar surface area (TPSA) is 65.2 Å². The molecule has 1 heterocycles. The van der Waals surface area contributed by atoms with Crippen LogP contribution in [0, 0.1) is 12.8 Å². The number of aryl methyl sites for hydroxylation is 1. The molecule has 0 amide bonds. The molecule has 1 aromatic heterocycles. The summed E-state index contributed by atoms with van der Waals surface area (Å²) >= 11 is 0. The number of allylic oxidation sites excluding steroid dienone is 2. The molecule has 5 heteroatoms. The van der Waals surface area contributed by atoms with E-state index in [2.05, 4.69) is 16.2 Å². The first-order valence-corrected chi connectivity index (χ1v) is 7.43. The summed E-state index contributed by atoms with van der Waals surface area (Å²) in [7, 11) is 0. The highest BCUT2D eigenvalue weighted by Gasteiger charge is 2.21. The number of esters is 1. The number of carbonyl (C=O) groups excluding carboxylic acids is 1. The van der Waals surface area contributed by atoms with Gasteiger partial charge in [-0.3, -0.25) is 4.79 Å². The molecule has 0 aliphatic heterocycles. The van der Waals surface area contributed by atoms with Gasteiger partial charge in [0.1, 0.15) is 0 Å². The van der Waals surface area contributed by atoms with Gasteiger partial charge in [0.25, 0.3) is 5.89 Å². The van der Waals surface area contributed by atoms with Gasteiger partial charge in [-0.05, 0) is 26.2 Å². The Morgan fingerprint density at radius 1 is 1.32 bits per heavy atom. The molecule has 5 nitrogen and oxygen atoms in total. The second-order valence-electron chi connectivity index (χ2n) is 5.47. The van der Waals surface area contributed by atoms with Gasteiger partial charge in [0.15, 0.2) is 6.61 Å². The Morgan fingerprint density at radius 2 is 2.14 bits per heavy atom. The van der Waals surface area contributed by atoms with Gasteiger partial charge in [-0.2, -0.15) is 4.98 Å². The van der Waals surface area contributed by atoms with E-state index in [1.165, 1.54) is 5.56 Å². The Kier molecular flexibility index (Phi) is 4.32. The number of benzene rings is 1. The normalized spacial score (nSPS) is 17.4. The fraction of sp³-hybridized carbons (Fsp3) is 0.353. The number of hydrogen-bond acceptors (Lipinski definition) is 5. The van der Waals surface area contributed by atoms with E-state index in [4.69, 9.17) is 9.26 Å². The number of aromatic nitrogens is 2. The SMILES string of the molecule is Cc1ccc(-c2noc(COC(=O)[C@@H]3CC=CCC3)n2)cc1. The Balaban J connectivity index is 1.58. The van der Waals surface area contributed by atoms with Crippen LogP contribution in [0.1, 0.15) is 30.7 Å². The smallest absolute Gasteiger partial charge is 0.309 e. The van der Waals surface area contributed by atoms with Crippen molar-refractivity contribution in [2.45, 2.75) is 32.8 Å². The van der Waals surface area contributed by atoms with Gasteiger partial charge in [0.2, 0.25) is 5.82 Å². The second-order valence-corrected chi connectivity index (χ2v) is 5.47. The van der Waals surface area contributed by atoms with Crippen molar-refractivity contribution in [3.8, 4) is 11.4 Å². The molecule has 0 fully saturated rings. The first-order chi connectivity index (χ1) is 10.7. The molecule has 1 aliphatic carbocycles. The molecule has 0 spiro atoms. The Bertz CT molecular complexity index is 673.